The number of nitrogens with one attached hydrogen (secondary N) is 1. The van der Waals surface area contributed by atoms with E-state index >= 15 is 0 Å². The number of halogens is 1. The number of nitriles is 1. The van der Waals surface area contributed by atoms with Crippen molar-refractivity contribution >= 4 is 42.2 Å². The predicted molar refractivity (Wildman–Crippen MR) is 107 cm³/mol. The molecule has 0 unspecified atom stereocenters. The second-order valence-corrected chi connectivity index (χ2v) is 7.18. The summed E-state index contributed by atoms with van der Waals surface area (Å²) in [5.74, 6) is 1.17. The molecule has 2 atom stereocenters. The van der Waals surface area contributed by atoms with Crippen molar-refractivity contribution in [1.82, 2.24) is 9.78 Å². The van der Waals surface area contributed by atoms with Crippen LogP contribution in [0.4, 0.5) is 11.5 Å². The van der Waals surface area contributed by atoms with Gasteiger partial charge in [0, 0.05) is 24.1 Å². The molecule has 2 aliphatic rings. The monoisotopic (exact) mass is 413 g/mol. The highest BCUT2D eigenvalue weighted by Crippen LogP contribution is 2.37. The number of anilines is 2. The number of hydrogen-bond acceptors (Lipinski definition) is 7. The van der Waals surface area contributed by atoms with Crippen molar-refractivity contribution in [3.05, 3.63) is 40.5 Å². The summed E-state index contributed by atoms with van der Waals surface area (Å²) in [6.07, 6.45) is 3.80. The summed E-state index contributed by atoms with van der Waals surface area (Å²) in [6, 6.07) is 5.30. The summed E-state index contributed by atoms with van der Waals surface area (Å²) < 4.78 is 12.3. The lowest BCUT2D eigenvalue weighted by atomic mass is 9.86. The van der Waals surface area contributed by atoms with E-state index in [-0.39, 0.29) is 23.3 Å². The van der Waals surface area contributed by atoms with Crippen LogP contribution in [0, 0.1) is 17.2 Å². The molecule has 0 saturated carbocycles. The van der Waals surface area contributed by atoms with Crippen molar-refractivity contribution in [3.63, 3.8) is 0 Å². The Morgan fingerprint density at radius 3 is 3.10 bits per heavy atom. The van der Waals surface area contributed by atoms with Gasteiger partial charge in [-0.1, -0.05) is 17.7 Å². The Balaban J connectivity index is 1.67. The maximum Gasteiger partial charge on any atom is 0.552 e. The molecule has 148 valence electrons. The van der Waals surface area contributed by atoms with Crippen LogP contribution < -0.4 is 15.7 Å². The zero-order valence-corrected chi connectivity index (χ0v) is 16.0. The van der Waals surface area contributed by atoms with Gasteiger partial charge in [-0.15, -0.1) is 0 Å². The van der Waals surface area contributed by atoms with Gasteiger partial charge >= 0.3 is 7.12 Å². The first kappa shape index (κ1) is 19.3. The van der Waals surface area contributed by atoms with Crippen molar-refractivity contribution in [3.8, 4) is 11.8 Å². The van der Waals surface area contributed by atoms with E-state index in [1.54, 1.807) is 22.9 Å². The number of carbonyl (C=O) groups is 1. The molecule has 4 rings (SSSR count). The summed E-state index contributed by atoms with van der Waals surface area (Å²) in [4.78, 5) is 11.9. The van der Waals surface area contributed by atoms with Gasteiger partial charge in [0.15, 0.2) is 5.82 Å². The fourth-order valence-corrected chi connectivity index (χ4v) is 3.66. The second-order valence-electron chi connectivity index (χ2n) is 6.77. The maximum absolute atomic E-state index is 11.9. The number of primary amides is 1. The van der Waals surface area contributed by atoms with Crippen LogP contribution in [-0.2, 0) is 4.74 Å². The molecular weight excluding hydrogens is 396 g/mol. The lowest BCUT2D eigenvalue weighted by molar-refractivity contribution is 0.0342. The number of benzene rings is 1. The van der Waals surface area contributed by atoms with Gasteiger partial charge in [-0.3, -0.25) is 9.48 Å². The van der Waals surface area contributed by atoms with Crippen molar-refractivity contribution < 1.29 is 19.2 Å². The van der Waals surface area contributed by atoms with Gasteiger partial charge in [-0.2, -0.15) is 10.4 Å². The molecular formula is C18H17BClN5O4. The number of aromatic nitrogens is 2. The predicted octanol–water partition coefficient (Wildman–Crippen LogP) is 1.91. The van der Waals surface area contributed by atoms with Crippen LogP contribution >= 0.6 is 11.6 Å². The van der Waals surface area contributed by atoms with E-state index in [0.29, 0.717) is 41.7 Å². The largest absolute Gasteiger partial charge is 0.552 e. The maximum atomic E-state index is 11.9. The number of nitrogens with two attached hydrogens (primary N) is 1. The highest BCUT2D eigenvalue weighted by atomic mass is 35.5. The summed E-state index contributed by atoms with van der Waals surface area (Å²) >= 11 is 6.27. The number of amides is 1. The normalized spacial score (nSPS) is 20.5. The summed E-state index contributed by atoms with van der Waals surface area (Å²) in [6.45, 7) is 0.842. The Hall–Kier alpha value is -3.00. The first-order valence-electron chi connectivity index (χ1n) is 8.96. The minimum atomic E-state index is -1.05. The number of fused-ring (bicyclic) bond motifs is 1. The van der Waals surface area contributed by atoms with Crippen molar-refractivity contribution in [2.45, 2.75) is 12.5 Å². The number of nitrogens with zero attached hydrogens (tertiary/aromatic N) is 3. The fourth-order valence-electron chi connectivity index (χ4n) is 3.39. The first-order valence-corrected chi connectivity index (χ1v) is 9.34. The third-order valence-electron chi connectivity index (χ3n) is 4.84. The number of rotatable bonds is 4. The molecule has 29 heavy (non-hydrogen) atoms. The van der Waals surface area contributed by atoms with Crippen molar-refractivity contribution in [1.29, 1.82) is 5.26 Å². The van der Waals surface area contributed by atoms with Crippen molar-refractivity contribution in [2.24, 2.45) is 11.7 Å². The highest BCUT2D eigenvalue weighted by Gasteiger charge is 2.30. The molecule has 0 radical (unpaired) electrons. The fraction of sp³-hybridized carbons (Fsp3) is 0.278. The quantitative estimate of drug-likeness (QED) is 0.651. The minimum Gasteiger partial charge on any atom is -0.531 e. The molecule has 2 aromatic rings. The molecule has 0 aliphatic carbocycles. The zero-order valence-electron chi connectivity index (χ0n) is 15.2. The van der Waals surface area contributed by atoms with Crippen LogP contribution in [0.3, 0.4) is 0 Å². The Bertz CT molecular complexity index is 1030. The first-order chi connectivity index (χ1) is 14.0. The molecule has 9 nitrogen and oxygen atoms in total. The number of hydrogen-bond donors (Lipinski definition) is 3. The lowest BCUT2D eigenvalue weighted by Crippen LogP contribution is -2.29. The van der Waals surface area contributed by atoms with E-state index in [9.17, 15) is 15.1 Å². The Morgan fingerprint density at radius 2 is 2.34 bits per heavy atom. The van der Waals surface area contributed by atoms with E-state index in [2.05, 4.69) is 16.5 Å². The molecule has 4 N–H and O–H groups in total. The van der Waals surface area contributed by atoms with Crippen LogP contribution in [0.15, 0.2) is 24.3 Å². The number of ether oxygens (including phenoxy) is 1. The topological polar surface area (TPSA) is 135 Å². The summed E-state index contributed by atoms with van der Waals surface area (Å²) in [5.41, 5.74) is 6.93. The summed E-state index contributed by atoms with van der Waals surface area (Å²) in [7, 11) is -1.05. The number of carbonyl (C=O) groups excluding carboxylic acids is 1. The minimum absolute atomic E-state index is 0.184. The van der Waals surface area contributed by atoms with E-state index in [0.717, 1.165) is 0 Å². The Morgan fingerprint density at radius 1 is 1.52 bits per heavy atom. The Labute approximate surface area is 171 Å². The van der Waals surface area contributed by atoms with E-state index < -0.39 is 13.0 Å². The average molecular weight is 414 g/mol. The molecule has 1 aromatic heterocycles. The van der Waals surface area contributed by atoms with E-state index in [4.69, 9.17) is 26.7 Å². The molecule has 1 saturated heterocycles. The van der Waals surface area contributed by atoms with E-state index in [1.807, 2.05) is 0 Å². The molecule has 0 spiro atoms. The van der Waals surface area contributed by atoms with Gasteiger partial charge in [0.25, 0.3) is 5.91 Å². The average Bonchev–Trinajstić information content (AvgIpc) is 3.12. The Kier molecular flexibility index (Phi) is 5.19. The zero-order chi connectivity index (χ0) is 20.5. The molecule has 11 heteroatoms. The third kappa shape index (κ3) is 3.80. The second kappa shape index (κ2) is 7.79. The molecule has 1 aromatic carbocycles. The molecule has 3 heterocycles. The smallest absolute Gasteiger partial charge is 0.531 e. The van der Waals surface area contributed by atoms with Gasteiger partial charge in [0.2, 0.25) is 0 Å². The lowest BCUT2D eigenvalue weighted by Gasteiger charge is -2.26. The molecule has 0 bridgehead atoms. The highest BCUT2D eigenvalue weighted by molar-refractivity contribution is 6.52. The van der Waals surface area contributed by atoms with Crippen LogP contribution in [0.25, 0.3) is 6.08 Å². The SMILES string of the molecule is N#C[C@@H]1CCOC[C@H]1n1cc(C(N)=O)c(Nc2cc(Cl)c3c(c2)C=CB(O)O3)n1. The van der Waals surface area contributed by atoms with Gasteiger partial charge in [-0.25, -0.2) is 0 Å². The molecule has 2 aliphatic heterocycles. The van der Waals surface area contributed by atoms with Crippen molar-refractivity contribution in [2.75, 3.05) is 18.5 Å². The molecule has 1 amide bonds. The van der Waals surface area contributed by atoms with Crippen LogP contribution in [0.2, 0.25) is 5.02 Å². The van der Waals surface area contributed by atoms with Crippen LogP contribution in [-0.4, -0.2) is 41.0 Å². The van der Waals surface area contributed by atoms with E-state index in [1.165, 1.54) is 12.2 Å². The third-order valence-corrected chi connectivity index (χ3v) is 5.12. The van der Waals surface area contributed by atoms with Crippen LogP contribution in [0.1, 0.15) is 28.4 Å². The van der Waals surface area contributed by atoms with Gasteiger partial charge in [0.1, 0.15) is 11.3 Å². The van der Waals surface area contributed by atoms with Gasteiger partial charge in [-0.05, 0) is 24.5 Å². The molecule has 1 fully saturated rings. The standard InChI is InChI=1S/C18H17BClN5O4/c20-14-6-12(5-10-1-3-19(27)29-16(10)14)23-18-13(17(22)26)8-25(24-18)15-9-28-4-2-11(15)7-21/h1,3,5-6,8,11,15,27H,2,4,9H2,(H2,22,26)(H,23,24)/t11-,15+/m0/s1. The van der Waals surface area contributed by atoms with Gasteiger partial charge in [0.05, 0.1) is 29.7 Å². The van der Waals surface area contributed by atoms with Crippen LogP contribution in [0.5, 0.6) is 5.75 Å². The summed E-state index contributed by atoms with van der Waals surface area (Å²) in [5, 5.41) is 26.8. The van der Waals surface area contributed by atoms with Gasteiger partial charge < -0.3 is 25.5 Å².